The van der Waals surface area contributed by atoms with Crippen molar-refractivity contribution in [2.45, 2.75) is 136 Å². The number of aryl methyl sites for hydroxylation is 10. The van der Waals surface area contributed by atoms with Crippen LogP contribution in [0.3, 0.4) is 0 Å². The summed E-state index contributed by atoms with van der Waals surface area (Å²) in [5, 5.41) is 13.0. The van der Waals surface area contributed by atoms with Crippen molar-refractivity contribution in [2.24, 2.45) is 0 Å². The van der Waals surface area contributed by atoms with E-state index in [0.717, 1.165) is 37.8 Å². The van der Waals surface area contributed by atoms with Crippen LogP contribution < -0.4 is 0 Å². The Morgan fingerprint density at radius 1 is 0.240 bits per heavy atom. The third kappa shape index (κ3) is 10.6. The highest BCUT2D eigenvalue weighted by atomic mass is 14.7. The van der Waals surface area contributed by atoms with Gasteiger partial charge in [0.25, 0.3) is 0 Å². The molecule has 0 fully saturated rings. The largest absolute Gasteiger partial charge is 0.260 e. The minimum absolute atomic E-state index is 0.974. The van der Waals surface area contributed by atoms with Gasteiger partial charge >= 0.3 is 0 Å². The van der Waals surface area contributed by atoms with Gasteiger partial charge in [0.2, 0.25) is 0 Å². The molecule has 100 heavy (non-hydrogen) atoms. The van der Waals surface area contributed by atoms with Crippen molar-refractivity contribution in [3.8, 4) is 55.6 Å². The highest BCUT2D eigenvalue weighted by Gasteiger charge is 2.30. The van der Waals surface area contributed by atoms with Crippen molar-refractivity contribution in [1.82, 2.24) is 24.9 Å². The smallest absolute Gasteiger partial charge is 0.0535 e. The zero-order chi connectivity index (χ0) is 69.3. The van der Waals surface area contributed by atoms with Crippen LogP contribution in [0.4, 0.5) is 0 Å². The van der Waals surface area contributed by atoms with Crippen molar-refractivity contribution < 1.29 is 0 Å². The number of fused-ring (bicyclic) bond motifs is 25. The van der Waals surface area contributed by atoms with Crippen molar-refractivity contribution in [2.75, 3.05) is 0 Å². The Kier molecular flexibility index (Phi) is 15.9. The van der Waals surface area contributed by atoms with Crippen molar-refractivity contribution in [3.63, 3.8) is 0 Å². The molecule has 0 saturated carbocycles. The molecule has 5 aliphatic rings. The van der Waals surface area contributed by atoms with E-state index >= 15 is 0 Å². The number of pyridine rings is 5. The average Bonchev–Trinajstić information content (AvgIpc) is 1.64. The van der Waals surface area contributed by atoms with Gasteiger partial charge in [-0.3, -0.25) is 24.9 Å². The van der Waals surface area contributed by atoms with E-state index in [1.54, 1.807) is 0 Å². The minimum atomic E-state index is 0.974. The van der Waals surface area contributed by atoms with E-state index in [0.29, 0.717) is 0 Å². The predicted molar refractivity (Wildman–Crippen MR) is 421 cm³/mol. The summed E-state index contributed by atoms with van der Waals surface area (Å²) in [7, 11) is 0. The summed E-state index contributed by atoms with van der Waals surface area (Å²) in [5.41, 5.74) is 47.5. The Morgan fingerprint density at radius 2 is 0.620 bits per heavy atom. The van der Waals surface area contributed by atoms with Crippen LogP contribution in [-0.2, 0) is 32.1 Å². The first-order chi connectivity index (χ1) is 48.3. The Labute approximate surface area is 589 Å². The molecule has 5 aromatic heterocycles. The quantitative estimate of drug-likeness (QED) is 0.151. The molecule has 5 aliphatic carbocycles. The molecule has 10 aromatic carbocycles. The lowest BCUT2D eigenvalue weighted by molar-refractivity contribution is 1.08. The topological polar surface area (TPSA) is 64.5 Å². The van der Waals surface area contributed by atoms with E-state index in [1.807, 2.05) is 24.8 Å². The lowest BCUT2D eigenvalue weighted by Crippen LogP contribution is -1.93. The molecule has 0 bridgehead atoms. The van der Waals surface area contributed by atoms with Gasteiger partial charge in [-0.25, -0.2) is 0 Å². The van der Waals surface area contributed by atoms with Gasteiger partial charge in [-0.2, -0.15) is 0 Å². The van der Waals surface area contributed by atoms with E-state index in [4.69, 9.17) is 24.9 Å². The van der Waals surface area contributed by atoms with Crippen LogP contribution in [0.2, 0.25) is 0 Å². The molecule has 0 radical (unpaired) electrons. The molecule has 0 atom stereocenters. The van der Waals surface area contributed by atoms with E-state index in [2.05, 4.69) is 262 Å². The molecule has 0 amide bonds. The van der Waals surface area contributed by atoms with Crippen LogP contribution in [0, 0.1) is 104 Å². The lowest BCUT2D eigenvalue weighted by atomic mass is 9.95. The van der Waals surface area contributed by atoms with Gasteiger partial charge in [0, 0.05) is 117 Å². The number of hydrogen-bond acceptors (Lipinski definition) is 5. The molecule has 5 heterocycles. The Morgan fingerprint density at radius 3 is 1.16 bits per heavy atom. The number of rotatable bonds is 0. The van der Waals surface area contributed by atoms with E-state index < -0.39 is 0 Å². The fraction of sp³-hybridized carbons (Fsp3) is 0.211. The standard InChI is InChI=1S/5C19H17N/c1-11-4-6-15-14(8-11)10-20-18-9-17-13(3)12(2)5-7-16(17)19(15)18;1-11-4-6-14-10-20-18-9-16-13(3)12(2)5-7-15(16)19(18)17(14)8-11;1-11-7-8-15-16(13(11)3)9-18-19(15)14-6-4-5-12(2)17(14)10-20-18;1-11-7-8-15-16(13(11)3)9-17-19(15)18-12(2)5-4-6-14(18)10-20-17;1-11-8-9-16-17(12(11)2)10-18-19(16)15-7-5-4-6-14(15)13(3)20-18/h4*4-8,10H,9H2,1-3H3;4-9H,10H2,1-3H3. The highest BCUT2D eigenvalue weighted by Crippen LogP contribution is 2.48. The second-order valence-electron chi connectivity index (χ2n) is 29.2. The zero-order valence-corrected chi connectivity index (χ0v) is 60.6. The Hall–Kier alpha value is -10.8. The van der Waals surface area contributed by atoms with Crippen molar-refractivity contribution in [1.29, 1.82) is 0 Å². The summed E-state index contributed by atoms with van der Waals surface area (Å²) in [6.45, 7) is 32.9. The van der Waals surface area contributed by atoms with Crippen LogP contribution in [0.15, 0.2) is 183 Å². The summed E-state index contributed by atoms with van der Waals surface area (Å²) in [6, 6.07) is 57.5. The minimum Gasteiger partial charge on any atom is -0.260 e. The molecule has 490 valence electrons. The van der Waals surface area contributed by atoms with Gasteiger partial charge in [-0.1, -0.05) is 163 Å². The summed E-state index contributed by atoms with van der Waals surface area (Å²) in [5.74, 6) is 0. The Balaban J connectivity index is 0.0000000972. The molecule has 15 aromatic rings. The number of hydrogen-bond donors (Lipinski definition) is 0. The summed E-state index contributed by atoms with van der Waals surface area (Å²) >= 11 is 0. The van der Waals surface area contributed by atoms with Crippen molar-refractivity contribution >= 4 is 53.9 Å². The maximum absolute atomic E-state index is 4.87. The van der Waals surface area contributed by atoms with Gasteiger partial charge in [0.15, 0.2) is 0 Å². The maximum Gasteiger partial charge on any atom is 0.0535 e. The molecule has 0 saturated heterocycles. The summed E-state index contributed by atoms with van der Waals surface area (Å²) in [6.07, 6.45) is 13.0. The third-order valence-electron chi connectivity index (χ3n) is 23.3. The van der Waals surface area contributed by atoms with Gasteiger partial charge in [0.05, 0.1) is 28.5 Å². The number of benzene rings is 10. The highest BCUT2D eigenvalue weighted by molar-refractivity contribution is 6.06. The fourth-order valence-corrected chi connectivity index (χ4v) is 16.8. The molecule has 0 unspecified atom stereocenters. The molecule has 0 N–H and O–H groups in total. The van der Waals surface area contributed by atoms with E-state index in [1.165, 1.54) is 244 Å². The molecular formula is C95H85N5. The van der Waals surface area contributed by atoms with E-state index in [9.17, 15) is 0 Å². The maximum atomic E-state index is 4.87. The van der Waals surface area contributed by atoms with Crippen LogP contribution in [0.5, 0.6) is 0 Å². The van der Waals surface area contributed by atoms with Gasteiger partial charge < -0.3 is 0 Å². The van der Waals surface area contributed by atoms with Crippen LogP contribution in [0.1, 0.15) is 140 Å². The molecular weight excluding hydrogens is 1210 g/mol. The van der Waals surface area contributed by atoms with Gasteiger partial charge in [-0.05, 0) is 259 Å². The van der Waals surface area contributed by atoms with Gasteiger partial charge in [-0.15, -0.1) is 0 Å². The average molecular weight is 1300 g/mol. The predicted octanol–water partition coefficient (Wildman–Crippen LogP) is 23.7. The normalized spacial score (nSPS) is 12.6. The van der Waals surface area contributed by atoms with Crippen molar-refractivity contribution in [3.05, 3.63) is 322 Å². The fourth-order valence-electron chi connectivity index (χ4n) is 16.8. The second kappa shape index (κ2) is 24.9. The Bertz CT molecular complexity index is 5890. The molecule has 0 aliphatic heterocycles. The first-order valence-electron chi connectivity index (χ1n) is 35.7. The summed E-state index contributed by atoms with van der Waals surface area (Å²) in [4.78, 5) is 23.7. The molecule has 5 nitrogen and oxygen atoms in total. The third-order valence-corrected chi connectivity index (χ3v) is 23.3. The van der Waals surface area contributed by atoms with E-state index in [-0.39, 0.29) is 0 Å². The summed E-state index contributed by atoms with van der Waals surface area (Å²) < 4.78 is 0. The number of aromatic nitrogens is 5. The SMILES string of the molecule is Cc1ccc2c(c1C)Cc1nc(C)c3ccccc3c1-2.Cc1ccc2c(c1C)Cc1ncc3c(C)cccc3c1-2.Cc1ccc2c(c1C)Cc1ncc3cccc(C)c3c1-2.Cc1ccc2c3c(ncc2c1)Cc1c-3ccc(C)c1C.Cc1ccc2cnc3c(c2c1)-c1ccc(C)c(C)c1C3. The van der Waals surface area contributed by atoms with Crippen LogP contribution in [0.25, 0.3) is 109 Å². The van der Waals surface area contributed by atoms with Crippen LogP contribution >= 0.6 is 0 Å². The van der Waals surface area contributed by atoms with Crippen LogP contribution in [-0.4, -0.2) is 24.9 Å². The first kappa shape index (κ1) is 64.0. The number of nitrogens with zero attached hydrogens (tertiary/aromatic N) is 5. The zero-order valence-electron chi connectivity index (χ0n) is 60.6. The van der Waals surface area contributed by atoms with Gasteiger partial charge in [0.1, 0.15) is 0 Å². The second-order valence-corrected chi connectivity index (χ2v) is 29.2. The lowest BCUT2D eigenvalue weighted by Gasteiger charge is -2.10. The molecule has 20 rings (SSSR count). The monoisotopic (exact) mass is 1300 g/mol. The first-order valence-corrected chi connectivity index (χ1v) is 35.7. The molecule has 5 heteroatoms. The molecule has 0 spiro atoms.